The number of thiazole rings is 1. The molecular formula is C14H14N4O2S. The van der Waals surface area contributed by atoms with Crippen LogP contribution in [0.25, 0.3) is 0 Å². The van der Waals surface area contributed by atoms with E-state index in [1.54, 1.807) is 12.4 Å². The van der Waals surface area contributed by atoms with Gasteiger partial charge in [0.1, 0.15) is 5.69 Å². The van der Waals surface area contributed by atoms with Crippen LogP contribution in [0.5, 0.6) is 0 Å². The maximum atomic E-state index is 12.2. The molecule has 21 heavy (non-hydrogen) atoms. The van der Waals surface area contributed by atoms with Gasteiger partial charge in [-0.1, -0.05) is 18.2 Å². The molecule has 1 aliphatic rings. The molecule has 1 unspecified atom stereocenters. The normalized spacial score (nSPS) is 16.8. The van der Waals surface area contributed by atoms with Gasteiger partial charge in [0.05, 0.1) is 12.5 Å². The zero-order valence-electron chi connectivity index (χ0n) is 11.3. The molecule has 7 heteroatoms. The summed E-state index contributed by atoms with van der Waals surface area (Å²) in [4.78, 5) is 28.1. The minimum atomic E-state index is -0.331. The van der Waals surface area contributed by atoms with Gasteiger partial charge >= 0.3 is 0 Å². The van der Waals surface area contributed by atoms with Gasteiger partial charge in [0.2, 0.25) is 5.91 Å². The Morgan fingerprint density at radius 1 is 1.43 bits per heavy atom. The number of aromatic nitrogens is 1. The minimum Gasteiger partial charge on any atom is -0.365 e. The van der Waals surface area contributed by atoms with Gasteiger partial charge in [0, 0.05) is 18.1 Å². The number of benzene rings is 1. The number of hydrogen-bond donors (Lipinski definition) is 3. The van der Waals surface area contributed by atoms with E-state index in [9.17, 15) is 9.59 Å². The molecule has 0 saturated carbocycles. The molecule has 108 valence electrons. The van der Waals surface area contributed by atoms with E-state index in [1.165, 1.54) is 11.3 Å². The van der Waals surface area contributed by atoms with Crippen LogP contribution in [0.2, 0.25) is 0 Å². The van der Waals surface area contributed by atoms with Gasteiger partial charge in [-0.05, 0) is 11.6 Å². The molecule has 1 aromatic heterocycles. The second kappa shape index (κ2) is 5.53. The Kier molecular flexibility index (Phi) is 3.57. The highest BCUT2D eigenvalue weighted by Crippen LogP contribution is 2.30. The van der Waals surface area contributed by atoms with Crippen molar-refractivity contribution in [1.29, 1.82) is 0 Å². The fraction of sp³-hybridized carbons (Fsp3) is 0.214. The average molecular weight is 302 g/mol. The number of nitrogens with zero attached hydrogens (tertiary/aromatic N) is 1. The van der Waals surface area contributed by atoms with Crippen LogP contribution in [0.15, 0.2) is 29.6 Å². The topological polar surface area (TPSA) is 83.1 Å². The Labute approximate surface area is 125 Å². The van der Waals surface area contributed by atoms with Crippen LogP contribution in [-0.4, -0.2) is 23.8 Å². The van der Waals surface area contributed by atoms with Crippen molar-refractivity contribution in [2.45, 2.75) is 12.5 Å². The summed E-state index contributed by atoms with van der Waals surface area (Å²) in [5.74, 6) is -0.379. The van der Waals surface area contributed by atoms with E-state index in [-0.39, 0.29) is 24.3 Å². The lowest BCUT2D eigenvalue weighted by Crippen LogP contribution is -2.35. The van der Waals surface area contributed by atoms with E-state index in [0.717, 1.165) is 11.3 Å². The second-order valence-corrected chi connectivity index (χ2v) is 5.51. The lowest BCUT2D eigenvalue weighted by Gasteiger charge is -2.26. The van der Waals surface area contributed by atoms with E-state index in [2.05, 4.69) is 20.9 Å². The van der Waals surface area contributed by atoms with Crippen molar-refractivity contribution in [3.05, 3.63) is 40.9 Å². The molecule has 0 bridgehead atoms. The molecule has 6 nitrogen and oxygen atoms in total. The number of fused-ring (bicyclic) bond motifs is 1. The van der Waals surface area contributed by atoms with Crippen LogP contribution in [0.4, 0.5) is 10.8 Å². The van der Waals surface area contributed by atoms with Crippen molar-refractivity contribution in [1.82, 2.24) is 10.3 Å². The third-order valence-electron chi connectivity index (χ3n) is 3.26. The predicted molar refractivity (Wildman–Crippen MR) is 81.6 cm³/mol. The number of carbonyl (C=O) groups excluding carboxylic acids is 2. The summed E-state index contributed by atoms with van der Waals surface area (Å²) in [5, 5.41) is 10.9. The first-order chi connectivity index (χ1) is 10.2. The van der Waals surface area contributed by atoms with Crippen molar-refractivity contribution >= 4 is 34.0 Å². The first-order valence-corrected chi connectivity index (χ1v) is 7.38. The molecule has 0 aliphatic carbocycles. The van der Waals surface area contributed by atoms with Crippen molar-refractivity contribution < 1.29 is 9.59 Å². The monoisotopic (exact) mass is 302 g/mol. The van der Waals surface area contributed by atoms with Crippen molar-refractivity contribution in [3.8, 4) is 0 Å². The Hall–Kier alpha value is -2.41. The highest BCUT2D eigenvalue weighted by Gasteiger charge is 2.26. The third-order valence-corrected chi connectivity index (χ3v) is 4.12. The zero-order chi connectivity index (χ0) is 14.8. The molecule has 1 atom stereocenters. The Bertz CT molecular complexity index is 698. The largest absolute Gasteiger partial charge is 0.365 e. The summed E-state index contributed by atoms with van der Waals surface area (Å²) < 4.78 is 0. The molecule has 2 aromatic rings. The molecule has 0 spiro atoms. The highest BCUT2D eigenvalue weighted by molar-refractivity contribution is 7.13. The molecule has 0 fully saturated rings. The zero-order valence-corrected chi connectivity index (χ0v) is 12.2. The highest BCUT2D eigenvalue weighted by atomic mass is 32.1. The van der Waals surface area contributed by atoms with Crippen molar-refractivity contribution in [2.24, 2.45) is 0 Å². The Morgan fingerprint density at radius 3 is 3.00 bits per heavy atom. The summed E-state index contributed by atoms with van der Waals surface area (Å²) >= 11 is 1.36. The molecule has 2 amide bonds. The first kappa shape index (κ1) is 13.6. The van der Waals surface area contributed by atoms with Crippen LogP contribution >= 0.6 is 11.3 Å². The third kappa shape index (κ3) is 2.73. The van der Waals surface area contributed by atoms with E-state index >= 15 is 0 Å². The van der Waals surface area contributed by atoms with Gasteiger partial charge in [-0.25, -0.2) is 4.98 Å². The quantitative estimate of drug-likeness (QED) is 0.810. The van der Waals surface area contributed by atoms with Crippen molar-refractivity contribution in [3.63, 3.8) is 0 Å². The summed E-state index contributed by atoms with van der Waals surface area (Å²) in [6.45, 7) is 0. The van der Waals surface area contributed by atoms with E-state index < -0.39 is 0 Å². The molecule has 3 N–H and O–H groups in total. The lowest BCUT2D eigenvalue weighted by molar-refractivity contribution is -0.116. The van der Waals surface area contributed by atoms with Crippen LogP contribution in [0.1, 0.15) is 28.5 Å². The summed E-state index contributed by atoms with van der Waals surface area (Å²) in [7, 11) is 1.75. The molecule has 1 aliphatic heterocycles. The molecule has 2 heterocycles. The van der Waals surface area contributed by atoms with E-state index in [0.29, 0.717) is 10.8 Å². The molecule has 3 rings (SSSR count). The van der Waals surface area contributed by atoms with Gasteiger partial charge in [0.25, 0.3) is 5.91 Å². The fourth-order valence-electron chi connectivity index (χ4n) is 2.27. The summed E-state index contributed by atoms with van der Waals surface area (Å²) in [6.07, 6.45) is 0.228. The van der Waals surface area contributed by atoms with Crippen LogP contribution in [-0.2, 0) is 4.79 Å². The van der Waals surface area contributed by atoms with Crippen LogP contribution < -0.4 is 16.0 Å². The van der Waals surface area contributed by atoms with Gasteiger partial charge in [-0.15, -0.1) is 11.3 Å². The van der Waals surface area contributed by atoms with Crippen LogP contribution in [0.3, 0.4) is 0 Å². The summed E-state index contributed by atoms with van der Waals surface area (Å²) in [5.41, 5.74) is 2.01. The van der Waals surface area contributed by atoms with E-state index in [4.69, 9.17) is 0 Å². The molecular weight excluding hydrogens is 288 g/mol. The van der Waals surface area contributed by atoms with Crippen LogP contribution in [0, 0.1) is 0 Å². The Morgan fingerprint density at radius 2 is 2.24 bits per heavy atom. The Balaban J connectivity index is 1.81. The maximum absolute atomic E-state index is 12.2. The SMILES string of the molecule is CNc1nc(C(=O)NC2CC(=O)Nc3ccccc32)cs1. The van der Waals surface area contributed by atoms with Crippen molar-refractivity contribution in [2.75, 3.05) is 17.7 Å². The minimum absolute atomic E-state index is 0.104. The number of para-hydroxylation sites is 1. The first-order valence-electron chi connectivity index (χ1n) is 6.50. The number of rotatable bonds is 3. The van der Waals surface area contributed by atoms with E-state index in [1.807, 2.05) is 24.3 Å². The van der Waals surface area contributed by atoms with Gasteiger partial charge in [0.15, 0.2) is 5.13 Å². The number of carbonyl (C=O) groups is 2. The smallest absolute Gasteiger partial charge is 0.271 e. The molecule has 0 radical (unpaired) electrons. The average Bonchev–Trinajstić information content (AvgIpc) is 2.96. The summed E-state index contributed by atoms with van der Waals surface area (Å²) in [6, 6.07) is 7.13. The second-order valence-electron chi connectivity index (χ2n) is 4.65. The fourth-order valence-corrected chi connectivity index (χ4v) is 2.92. The number of hydrogen-bond acceptors (Lipinski definition) is 5. The number of nitrogens with one attached hydrogen (secondary N) is 3. The van der Waals surface area contributed by atoms with Gasteiger partial charge in [-0.3, -0.25) is 9.59 Å². The number of anilines is 2. The van der Waals surface area contributed by atoms with Gasteiger partial charge in [-0.2, -0.15) is 0 Å². The maximum Gasteiger partial charge on any atom is 0.271 e. The van der Waals surface area contributed by atoms with Gasteiger partial charge < -0.3 is 16.0 Å². The standard InChI is InChI=1S/C14H14N4O2S/c1-15-14-18-11(7-21-14)13(20)17-10-6-12(19)16-9-5-3-2-4-8(9)10/h2-5,7,10H,6H2,1H3,(H,15,18)(H,16,19)(H,17,20). The molecule has 0 saturated heterocycles. The lowest BCUT2D eigenvalue weighted by atomic mass is 9.97. The predicted octanol–water partition coefficient (Wildman–Crippen LogP) is 2.00. The molecule has 1 aromatic carbocycles. The number of amides is 2.